The Labute approximate surface area is 143 Å². The van der Waals surface area contributed by atoms with Crippen LogP contribution in [-0.4, -0.2) is 32.9 Å². The molecule has 1 amide bonds. The molecule has 0 N–H and O–H groups in total. The Morgan fingerprint density at radius 1 is 1.33 bits per heavy atom. The van der Waals surface area contributed by atoms with Crippen LogP contribution in [0.2, 0.25) is 0 Å². The molecule has 126 valence electrons. The van der Waals surface area contributed by atoms with Crippen molar-refractivity contribution in [1.29, 1.82) is 0 Å². The zero-order valence-corrected chi connectivity index (χ0v) is 14.5. The smallest absolute Gasteiger partial charge is 0.246 e. The van der Waals surface area contributed by atoms with Gasteiger partial charge in [0, 0.05) is 37.6 Å². The number of benzene rings is 1. The lowest BCUT2D eigenvalue weighted by Gasteiger charge is -2.23. The Balaban J connectivity index is 1.66. The molecule has 4 heteroatoms. The minimum atomic E-state index is 0.0928. The summed E-state index contributed by atoms with van der Waals surface area (Å²) in [6.45, 7) is 5.87. The van der Waals surface area contributed by atoms with Gasteiger partial charge in [-0.1, -0.05) is 29.8 Å². The predicted molar refractivity (Wildman–Crippen MR) is 96.6 cm³/mol. The lowest BCUT2D eigenvalue weighted by Crippen LogP contribution is -2.35. The van der Waals surface area contributed by atoms with Gasteiger partial charge in [0.1, 0.15) is 5.82 Å². The molecule has 1 aromatic heterocycles. The van der Waals surface area contributed by atoms with Gasteiger partial charge in [-0.2, -0.15) is 0 Å². The first-order chi connectivity index (χ1) is 11.7. The number of aryl methyl sites for hydroxylation is 2. The number of hydrogen-bond acceptors (Lipinski definition) is 2. The van der Waals surface area contributed by atoms with Crippen molar-refractivity contribution in [2.24, 2.45) is 0 Å². The van der Waals surface area contributed by atoms with Crippen LogP contribution in [0.4, 0.5) is 0 Å². The molecule has 1 aliphatic heterocycles. The van der Waals surface area contributed by atoms with Crippen LogP contribution in [0.1, 0.15) is 36.7 Å². The minimum Gasteiger partial charge on any atom is -0.336 e. The molecule has 0 bridgehead atoms. The molecule has 1 atom stereocenters. The average Bonchev–Trinajstić information content (AvgIpc) is 3.23. The molecule has 0 saturated carbocycles. The molecule has 2 heterocycles. The largest absolute Gasteiger partial charge is 0.336 e. The molecule has 4 nitrogen and oxygen atoms in total. The summed E-state index contributed by atoms with van der Waals surface area (Å²) in [4.78, 5) is 18.9. The first-order valence-electron chi connectivity index (χ1n) is 8.72. The van der Waals surface area contributed by atoms with Crippen molar-refractivity contribution in [1.82, 2.24) is 14.5 Å². The number of amides is 1. The van der Waals surface area contributed by atoms with E-state index in [1.54, 1.807) is 12.3 Å². The SMILES string of the molecule is CCn1ccnc1/C=C/C(=O)N1CCCC1Cc1ccc(C)cc1. The second kappa shape index (κ2) is 7.47. The zero-order valence-electron chi connectivity index (χ0n) is 14.5. The second-order valence-corrected chi connectivity index (χ2v) is 6.42. The van der Waals surface area contributed by atoms with Gasteiger partial charge in [0.05, 0.1) is 0 Å². The maximum atomic E-state index is 12.6. The van der Waals surface area contributed by atoms with E-state index in [9.17, 15) is 4.79 Å². The van der Waals surface area contributed by atoms with Crippen molar-refractivity contribution >= 4 is 12.0 Å². The van der Waals surface area contributed by atoms with Crippen molar-refractivity contribution in [2.75, 3.05) is 6.54 Å². The molecular weight excluding hydrogens is 298 g/mol. The Hall–Kier alpha value is -2.36. The molecule has 1 unspecified atom stereocenters. The fourth-order valence-corrected chi connectivity index (χ4v) is 3.32. The number of rotatable bonds is 5. The highest BCUT2D eigenvalue weighted by Crippen LogP contribution is 2.22. The molecule has 0 radical (unpaired) electrons. The van der Waals surface area contributed by atoms with Crippen LogP contribution >= 0.6 is 0 Å². The average molecular weight is 323 g/mol. The third-order valence-electron chi connectivity index (χ3n) is 4.72. The van der Waals surface area contributed by atoms with Crippen molar-refractivity contribution in [3.63, 3.8) is 0 Å². The van der Waals surface area contributed by atoms with Crippen LogP contribution in [0.15, 0.2) is 42.7 Å². The van der Waals surface area contributed by atoms with Gasteiger partial charge in [0.2, 0.25) is 5.91 Å². The third kappa shape index (κ3) is 3.75. The van der Waals surface area contributed by atoms with Gasteiger partial charge in [-0.05, 0) is 44.7 Å². The standard InChI is InChI=1S/C20H25N3O/c1-3-22-14-12-21-19(22)10-11-20(24)23-13-4-5-18(23)15-17-8-6-16(2)7-9-17/h6-12,14,18H,3-5,13,15H2,1-2H3/b11-10+. The molecule has 0 spiro atoms. The lowest BCUT2D eigenvalue weighted by atomic mass is 10.0. The van der Waals surface area contributed by atoms with Crippen LogP contribution in [0.3, 0.4) is 0 Å². The van der Waals surface area contributed by atoms with E-state index in [0.717, 1.165) is 38.2 Å². The Morgan fingerprint density at radius 3 is 2.88 bits per heavy atom. The molecule has 3 rings (SSSR count). The Morgan fingerprint density at radius 2 is 2.12 bits per heavy atom. The van der Waals surface area contributed by atoms with E-state index < -0.39 is 0 Å². The summed E-state index contributed by atoms with van der Waals surface area (Å²) in [6, 6.07) is 8.92. The van der Waals surface area contributed by atoms with Gasteiger partial charge in [-0.25, -0.2) is 4.98 Å². The van der Waals surface area contributed by atoms with Gasteiger partial charge in [-0.3, -0.25) is 4.79 Å². The van der Waals surface area contributed by atoms with E-state index in [2.05, 4.69) is 43.1 Å². The number of aromatic nitrogens is 2. The van der Waals surface area contributed by atoms with Crippen molar-refractivity contribution < 1.29 is 4.79 Å². The highest BCUT2D eigenvalue weighted by molar-refractivity contribution is 5.91. The molecule has 0 aliphatic carbocycles. The highest BCUT2D eigenvalue weighted by atomic mass is 16.2. The maximum Gasteiger partial charge on any atom is 0.246 e. The van der Waals surface area contributed by atoms with Crippen molar-refractivity contribution in [2.45, 2.75) is 45.7 Å². The normalized spacial score (nSPS) is 17.8. The minimum absolute atomic E-state index is 0.0928. The first-order valence-corrected chi connectivity index (χ1v) is 8.72. The van der Waals surface area contributed by atoms with Crippen LogP contribution in [-0.2, 0) is 17.8 Å². The second-order valence-electron chi connectivity index (χ2n) is 6.42. The van der Waals surface area contributed by atoms with Crippen LogP contribution in [0, 0.1) is 6.92 Å². The van der Waals surface area contributed by atoms with E-state index in [1.165, 1.54) is 11.1 Å². The molecule has 1 fully saturated rings. The number of carbonyl (C=O) groups is 1. The van der Waals surface area contributed by atoms with Crippen molar-refractivity contribution in [3.05, 3.63) is 59.7 Å². The number of nitrogens with zero attached hydrogens (tertiary/aromatic N) is 3. The Bertz CT molecular complexity index is 715. The van der Waals surface area contributed by atoms with Gasteiger partial charge < -0.3 is 9.47 Å². The monoisotopic (exact) mass is 323 g/mol. The van der Waals surface area contributed by atoms with Gasteiger partial charge in [0.15, 0.2) is 0 Å². The van der Waals surface area contributed by atoms with Crippen molar-refractivity contribution in [3.8, 4) is 0 Å². The van der Waals surface area contributed by atoms with E-state index in [4.69, 9.17) is 0 Å². The molecular formula is C20H25N3O. The molecule has 2 aromatic rings. The van der Waals surface area contributed by atoms with E-state index in [0.29, 0.717) is 6.04 Å². The molecule has 1 saturated heterocycles. The highest BCUT2D eigenvalue weighted by Gasteiger charge is 2.27. The van der Waals surface area contributed by atoms with Crippen LogP contribution < -0.4 is 0 Å². The number of hydrogen-bond donors (Lipinski definition) is 0. The quantitative estimate of drug-likeness (QED) is 0.790. The number of imidazole rings is 1. The summed E-state index contributed by atoms with van der Waals surface area (Å²) in [5.74, 6) is 0.926. The van der Waals surface area contributed by atoms with E-state index in [1.807, 2.05) is 21.7 Å². The summed E-state index contributed by atoms with van der Waals surface area (Å²) in [5, 5.41) is 0. The summed E-state index contributed by atoms with van der Waals surface area (Å²) >= 11 is 0. The zero-order chi connectivity index (χ0) is 16.9. The van der Waals surface area contributed by atoms with Gasteiger partial charge in [0.25, 0.3) is 0 Å². The first kappa shape index (κ1) is 16.5. The fourth-order valence-electron chi connectivity index (χ4n) is 3.32. The summed E-state index contributed by atoms with van der Waals surface area (Å²) < 4.78 is 2.03. The third-order valence-corrected chi connectivity index (χ3v) is 4.72. The summed E-state index contributed by atoms with van der Waals surface area (Å²) in [7, 11) is 0. The van der Waals surface area contributed by atoms with E-state index in [-0.39, 0.29) is 5.91 Å². The maximum absolute atomic E-state index is 12.6. The van der Waals surface area contributed by atoms with E-state index >= 15 is 0 Å². The molecule has 1 aromatic carbocycles. The molecule has 24 heavy (non-hydrogen) atoms. The van der Waals surface area contributed by atoms with Gasteiger partial charge in [-0.15, -0.1) is 0 Å². The van der Waals surface area contributed by atoms with Crippen LogP contribution in [0.25, 0.3) is 6.08 Å². The van der Waals surface area contributed by atoms with Crippen LogP contribution in [0.5, 0.6) is 0 Å². The summed E-state index contributed by atoms with van der Waals surface area (Å²) in [6.07, 6.45) is 10.3. The Kier molecular flexibility index (Phi) is 5.14. The lowest BCUT2D eigenvalue weighted by molar-refractivity contribution is -0.126. The van der Waals surface area contributed by atoms with Gasteiger partial charge >= 0.3 is 0 Å². The number of likely N-dealkylation sites (tertiary alicyclic amines) is 1. The topological polar surface area (TPSA) is 38.1 Å². The fraction of sp³-hybridized carbons (Fsp3) is 0.400. The molecule has 1 aliphatic rings. The number of carbonyl (C=O) groups excluding carboxylic acids is 1. The summed E-state index contributed by atoms with van der Waals surface area (Å²) in [5.41, 5.74) is 2.57. The predicted octanol–water partition coefficient (Wildman–Crippen LogP) is 3.46.